The predicted octanol–water partition coefficient (Wildman–Crippen LogP) is 3.74. The molecule has 122 valence electrons. The first-order chi connectivity index (χ1) is 10.6. The van der Waals surface area contributed by atoms with Crippen molar-refractivity contribution in [2.45, 2.75) is 58.6 Å². The minimum absolute atomic E-state index is 0.205. The van der Waals surface area contributed by atoms with Crippen LogP contribution in [-0.2, 0) is 16.0 Å². The van der Waals surface area contributed by atoms with Crippen molar-refractivity contribution in [1.29, 1.82) is 0 Å². The summed E-state index contributed by atoms with van der Waals surface area (Å²) >= 11 is 0. The first-order valence-electron chi connectivity index (χ1n) is 8.03. The Bertz CT molecular complexity index is 445. The van der Waals surface area contributed by atoms with E-state index in [2.05, 4.69) is 12.2 Å². The van der Waals surface area contributed by atoms with Gasteiger partial charge in [-0.2, -0.15) is 0 Å². The molecule has 1 aromatic carbocycles. The second kappa shape index (κ2) is 9.98. The van der Waals surface area contributed by atoms with Gasteiger partial charge in [-0.15, -0.1) is 0 Å². The lowest BCUT2D eigenvalue weighted by molar-refractivity contribution is -0.109. The average Bonchev–Trinajstić information content (AvgIpc) is 2.51. The number of carbonyl (C=O) groups is 2. The topological polar surface area (TPSA) is 55.4 Å². The van der Waals surface area contributed by atoms with E-state index < -0.39 is 12.1 Å². The third kappa shape index (κ3) is 6.74. The summed E-state index contributed by atoms with van der Waals surface area (Å²) in [6.07, 6.45) is 3.28. The van der Waals surface area contributed by atoms with Gasteiger partial charge in [0.25, 0.3) is 0 Å². The van der Waals surface area contributed by atoms with Crippen LogP contribution in [0, 0.1) is 5.92 Å². The molecule has 22 heavy (non-hydrogen) atoms. The summed E-state index contributed by atoms with van der Waals surface area (Å²) in [5.74, 6) is 0.205. The molecule has 0 aromatic heterocycles. The summed E-state index contributed by atoms with van der Waals surface area (Å²) in [6.45, 7) is 6.10. The largest absolute Gasteiger partial charge is 0.446 e. The van der Waals surface area contributed by atoms with Gasteiger partial charge in [0.1, 0.15) is 12.4 Å². The highest BCUT2D eigenvalue weighted by atomic mass is 16.6. The van der Waals surface area contributed by atoms with Gasteiger partial charge in [-0.3, -0.25) is 0 Å². The maximum Gasteiger partial charge on any atom is 0.408 e. The Hall–Kier alpha value is -1.84. The van der Waals surface area contributed by atoms with Crippen molar-refractivity contribution < 1.29 is 14.3 Å². The van der Waals surface area contributed by atoms with Crippen molar-refractivity contribution in [3.8, 4) is 0 Å². The Kier molecular flexibility index (Phi) is 8.26. The zero-order valence-electron chi connectivity index (χ0n) is 13.7. The zero-order valence-corrected chi connectivity index (χ0v) is 13.7. The number of hydrogen-bond acceptors (Lipinski definition) is 3. The number of benzene rings is 1. The van der Waals surface area contributed by atoms with Gasteiger partial charge in [-0.05, 0) is 17.9 Å². The van der Waals surface area contributed by atoms with Crippen LogP contribution >= 0.6 is 0 Å². The monoisotopic (exact) mass is 305 g/mol. The predicted molar refractivity (Wildman–Crippen MR) is 87.8 cm³/mol. The van der Waals surface area contributed by atoms with Crippen LogP contribution in [0.15, 0.2) is 30.3 Å². The third-order valence-corrected chi connectivity index (χ3v) is 3.62. The van der Waals surface area contributed by atoms with Crippen LogP contribution in [0.2, 0.25) is 0 Å². The fourth-order valence-electron chi connectivity index (χ4n) is 2.18. The van der Waals surface area contributed by atoms with Crippen LogP contribution in [0.3, 0.4) is 0 Å². The van der Waals surface area contributed by atoms with Crippen molar-refractivity contribution in [1.82, 2.24) is 5.32 Å². The maximum absolute atomic E-state index is 12.0. The number of carbonyl (C=O) groups excluding carboxylic acids is 2. The summed E-state index contributed by atoms with van der Waals surface area (Å²) < 4.78 is 5.52. The molecule has 0 heterocycles. The van der Waals surface area contributed by atoms with Gasteiger partial charge >= 0.3 is 6.09 Å². The van der Waals surface area contributed by atoms with E-state index in [1.165, 1.54) is 0 Å². The fraction of sp³-hybridized carbons (Fsp3) is 0.556. The van der Waals surface area contributed by atoms with Crippen molar-refractivity contribution in [3.05, 3.63) is 35.9 Å². The van der Waals surface area contributed by atoms with E-state index in [1.807, 2.05) is 44.2 Å². The second-order valence-corrected chi connectivity index (χ2v) is 5.91. The molecule has 4 heteroatoms. The van der Waals surface area contributed by atoms with Gasteiger partial charge in [-0.25, -0.2) is 4.79 Å². The van der Waals surface area contributed by atoms with Crippen LogP contribution in [0.5, 0.6) is 0 Å². The number of ether oxygens (including phenoxy) is 1. The lowest BCUT2D eigenvalue weighted by Crippen LogP contribution is -2.39. The molecule has 0 saturated heterocycles. The molecule has 1 rings (SSSR count). The highest BCUT2D eigenvalue weighted by Gasteiger charge is 2.20. The Morgan fingerprint density at radius 2 is 1.95 bits per heavy atom. The normalized spacial score (nSPS) is 13.5. The smallest absolute Gasteiger partial charge is 0.408 e. The molecule has 1 amide bonds. The van der Waals surface area contributed by atoms with Crippen LogP contribution in [0.4, 0.5) is 4.79 Å². The Labute approximate surface area is 133 Å². The van der Waals surface area contributed by atoms with E-state index in [0.717, 1.165) is 24.7 Å². The van der Waals surface area contributed by atoms with Gasteiger partial charge in [0.05, 0.1) is 6.04 Å². The molecule has 1 aromatic rings. The highest BCUT2D eigenvalue weighted by molar-refractivity contribution is 5.73. The Morgan fingerprint density at radius 3 is 2.50 bits per heavy atom. The van der Waals surface area contributed by atoms with Gasteiger partial charge in [0.15, 0.2) is 0 Å². The van der Waals surface area contributed by atoms with Gasteiger partial charge in [0, 0.05) is 6.42 Å². The quantitative estimate of drug-likeness (QED) is 0.707. The van der Waals surface area contributed by atoms with E-state index >= 15 is 0 Å². The van der Waals surface area contributed by atoms with E-state index in [-0.39, 0.29) is 12.0 Å². The van der Waals surface area contributed by atoms with Crippen LogP contribution in [0.1, 0.15) is 45.6 Å². The molecule has 0 aliphatic heterocycles. The number of alkyl carbamates (subject to hydrolysis) is 1. The summed E-state index contributed by atoms with van der Waals surface area (Å²) in [6, 6.07) is 9.49. The summed E-state index contributed by atoms with van der Waals surface area (Å²) in [4.78, 5) is 23.0. The van der Waals surface area contributed by atoms with Crippen LogP contribution in [-0.4, -0.2) is 24.5 Å². The number of aldehydes is 1. The van der Waals surface area contributed by atoms with E-state index in [4.69, 9.17) is 4.74 Å². The first-order valence-corrected chi connectivity index (χ1v) is 8.03. The molecular weight excluding hydrogens is 278 g/mol. The van der Waals surface area contributed by atoms with Crippen molar-refractivity contribution >= 4 is 12.4 Å². The molecule has 0 spiro atoms. The second-order valence-electron chi connectivity index (χ2n) is 5.91. The SMILES string of the molecule is CCCC[C@@H](C=O)NC(=O)O[C@H](Cc1ccccc1)C(C)C. The number of rotatable bonds is 9. The number of hydrogen-bond donors (Lipinski definition) is 1. The molecule has 0 saturated carbocycles. The van der Waals surface area contributed by atoms with Crippen molar-refractivity contribution in [3.63, 3.8) is 0 Å². The fourth-order valence-corrected chi connectivity index (χ4v) is 2.18. The Balaban J connectivity index is 2.55. The minimum Gasteiger partial charge on any atom is -0.446 e. The molecule has 2 atom stereocenters. The van der Waals surface area contributed by atoms with Gasteiger partial charge < -0.3 is 14.8 Å². The molecule has 0 fully saturated rings. The molecule has 1 N–H and O–H groups in total. The summed E-state index contributed by atoms with van der Waals surface area (Å²) in [5, 5.41) is 2.64. The van der Waals surface area contributed by atoms with E-state index in [9.17, 15) is 9.59 Å². The molecular formula is C18H27NO3. The average molecular weight is 305 g/mol. The number of nitrogens with one attached hydrogen (secondary N) is 1. The van der Waals surface area contributed by atoms with E-state index in [0.29, 0.717) is 12.8 Å². The molecule has 0 bridgehead atoms. The molecule has 0 aliphatic rings. The summed E-state index contributed by atoms with van der Waals surface area (Å²) in [7, 11) is 0. The third-order valence-electron chi connectivity index (χ3n) is 3.62. The minimum atomic E-state index is -0.511. The molecule has 0 radical (unpaired) electrons. The van der Waals surface area contributed by atoms with E-state index in [1.54, 1.807) is 0 Å². The van der Waals surface area contributed by atoms with Gasteiger partial charge in [-0.1, -0.05) is 63.9 Å². The van der Waals surface area contributed by atoms with Crippen molar-refractivity contribution in [2.75, 3.05) is 0 Å². The number of amides is 1. The highest BCUT2D eigenvalue weighted by Crippen LogP contribution is 2.14. The van der Waals surface area contributed by atoms with Gasteiger partial charge in [0.2, 0.25) is 0 Å². The first kappa shape index (κ1) is 18.2. The summed E-state index contributed by atoms with van der Waals surface area (Å²) in [5.41, 5.74) is 1.13. The standard InChI is InChI=1S/C18H27NO3/c1-4-5-11-16(13-20)19-18(21)22-17(14(2)3)12-15-9-7-6-8-10-15/h6-10,13-14,16-17H,4-5,11-12H2,1-3H3,(H,19,21)/t16-,17+/m0/s1. The van der Waals surface area contributed by atoms with Crippen LogP contribution < -0.4 is 5.32 Å². The van der Waals surface area contributed by atoms with Crippen molar-refractivity contribution in [2.24, 2.45) is 5.92 Å². The zero-order chi connectivity index (χ0) is 16.4. The number of unbranched alkanes of at least 4 members (excludes halogenated alkanes) is 1. The van der Waals surface area contributed by atoms with Crippen LogP contribution in [0.25, 0.3) is 0 Å². The maximum atomic E-state index is 12.0. The molecule has 0 aliphatic carbocycles. The Morgan fingerprint density at radius 1 is 1.27 bits per heavy atom. The molecule has 4 nitrogen and oxygen atoms in total. The lowest BCUT2D eigenvalue weighted by Gasteiger charge is -2.23. The molecule has 0 unspecified atom stereocenters. The lowest BCUT2D eigenvalue weighted by atomic mass is 9.99.